The predicted molar refractivity (Wildman–Crippen MR) is 193 cm³/mol. The zero-order valence-corrected chi connectivity index (χ0v) is 31.7. The number of rotatable bonds is 17. The molecule has 0 aliphatic heterocycles. The summed E-state index contributed by atoms with van der Waals surface area (Å²) in [5.41, 5.74) is 5.13. The molecule has 4 rings (SSSR count). The van der Waals surface area contributed by atoms with Crippen LogP contribution in [0.2, 0.25) is 0 Å². The number of anilines is 1. The maximum Gasteiger partial charge on any atom is 0.326 e. The van der Waals surface area contributed by atoms with Crippen LogP contribution in [0.5, 0.6) is 0 Å². The second-order valence-electron chi connectivity index (χ2n) is 15.5. The van der Waals surface area contributed by atoms with Gasteiger partial charge in [-0.2, -0.15) is 0 Å². The number of imidazole rings is 1. The number of nitrogens with zero attached hydrogens (tertiary/aromatic N) is 3. The number of fused-ring (bicyclic) bond motifs is 1. The number of pyridine rings is 1. The highest BCUT2D eigenvalue weighted by Gasteiger charge is 2.44. The topological polar surface area (TPSA) is 160 Å². The molecule has 1 atom stereocenters. The van der Waals surface area contributed by atoms with Crippen molar-refractivity contribution >= 4 is 36.2 Å². The quantitative estimate of drug-likeness (QED) is 0.114. The maximum atomic E-state index is 14.8. The number of esters is 2. The molecule has 276 valence electrons. The number of hydrogen-bond donors (Lipinski definition) is 3. The number of aromatic nitrogens is 3. The smallest absolute Gasteiger partial charge is 0.326 e. The van der Waals surface area contributed by atoms with E-state index in [0.29, 0.717) is 35.2 Å². The maximum absolute atomic E-state index is 14.8. The molecule has 4 N–H and O–H groups in total. The van der Waals surface area contributed by atoms with E-state index in [1.165, 1.54) is 12.8 Å². The van der Waals surface area contributed by atoms with Crippen molar-refractivity contribution in [1.82, 2.24) is 24.7 Å². The number of carbonyl (C=O) groups excluding carboxylic acids is 2. The van der Waals surface area contributed by atoms with Gasteiger partial charge in [0.25, 0.3) is 0 Å². The SMILES string of the molecule is CCC[C@H]1CC[C@H](OC(=O)C(C)(C)NP(=O)(CO[C@H](C)Cn2cnc3c(N)ccnc32)NC(C)(C)C(=O)O[C@H]2CC[C@H](CCC)CC2)CC1. The Morgan fingerprint density at radius 1 is 0.898 bits per heavy atom. The minimum atomic E-state index is -3.80. The molecule has 12 nitrogen and oxygen atoms in total. The average molecular weight is 705 g/mol. The molecule has 0 amide bonds. The normalized spacial score (nSPS) is 22.9. The van der Waals surface area contributed by atoms with E-state index in [1.54, 1.807) is 46.3 Å². The van der Waals surface area contributed by atoms with Crippen LogP contribution in [0.4, 0.5) is 5.69 Å². The second-order valence-corrected chi connectivity index (χ2v) is 17.6. The Kier molecular flexibility index (Phi) is 13.7. The van der Waals surface area contributed by atoms with E-state index >= 15 is 0 Å². The lowest BCUT2D eigenvalue weighted by atomic mass is 9.84. The van der Waals surface area contributed by atoms with Gasteiger partial charge in [0.2, 0.25) is 7.44 Å². The van der Waals surface area contributed by atoms with Crippen molar-refractivity contribution in [2.24, 2.45) is 11.8 Å². The summed E-state index contributed by atoms with van der Waals surface area (Å²) in [6.07, 6.45) is 14.4. The first-order valence-corrected chi connectivity index (χ1v) is 20.3. The van der Waals surface area contributed by atoms with Gasteiger partial charge in [0.15, 0.2) is 5.65 Å². The van der Waals surface area contributed by atoms with Gasteiger partial charge in [-0.25, -0.2) is 20.1 Å². The summed E-state index contributed by atoms with van der Waals surface area (Å²) in [4.78, 5) is 35.9. The first kappa shape index (κ1) is 39.3. The van der Waals surface area contributed by atoms with Crippen LogP contribution in [0, 0.1) is 11.8 Å². The predicted octanol–water partition coefficient (Wildman–Crippen LogP) is 7.11. The van der Waals surface area contributed by atoms with Gasteiger partial charge in [0.1, 0.15) is 35.2 Å². The van der Waals surface area contributed by atoms with E-state index < -0.39 is 36.6 Å². The van der Waals surface area contributed by atoms with Crippen LogP contribution in [0.15, 0.2) is 18.6 Å². The van der Waals surface area contributed by atoms with Crippen LogP contribution in [0.1, 0.15) is 126 Å². The molecular weight excluding hydrogens is 643 g/mol. The molecule has 0 radical (unpaired) electrons. The van der Waals surface area contributed by atoms with Gasteiger partial charge < -0.3 is 24.5 Å². The molecule has 2 aromatic heterocycles. The molecule has 0 aromatic carbocycles. The molecule has 2 aliphatic carbocycles. The van der Waals surface area contributed by atoms with Crippen LogP contribution in [-0.2, 0) is 34.9 Å². The lowest BCUT2D eigenvalue weighted by Crippen LogP contribution is -2.54. The van der Waals surface area contributed by atoms with Gasteiger partial charge >= 0.3 is 11.9 Å². The molecule has 2 aliphatic rings. The third kappa shape index (κ3) is 11.0. The largest absolute Gasteiger partial charge is 0.461 e. The zero-order chi connectivity index (χ0) is 35.8. The van der Waals surface area contributed by atoms with Gasteiger partial charge in [-0.1, -0.05) is 39.5 Å². The Labute approximate surface area is 292 Å². The van der Waals surface area contributed by atoms with Gasteiger partial charge in [-0.05, 0) is 104 Å². The first-order valence-electron chi connectivity index (χ1n) is 18.4. The molecule has 13 heteroatoms. The Morgan fingerprint density at radius 3 is 1.86 bits per heavy atom. The van der Waals surface area contributed by atoms with Crippen LogP contribution in [0.3, 0.4) is 0 Å². The van der Waals surface area contributed by atoms with Crippen LogP contribution < -0.4 is 15.9 Å². The van der Waals surface area contributed by atoms with Crippen molar-refractivity contribution in [1.29, 1.82) is 0 Å². The number of nitrogens with two attached hydrogens (primary N) is 1. The first-order chi connectivity index (χ1) is 23.1. The van der Waals surface area contributed by atoms with E-state index in [0.717, 1.165) is 64.2 Å². The summed E-state index contributed by atoms with van der Waals surface area (Å²) in [7, 11) is -3.80. The van der Waals surface area contributed by atoms with Crippen molar-refractivity contribution in [3.8, 4) is 0 Å². The highest BCUT2D eigenvalue weighted by Crippen LogP contribution is 2.43. The number of carbonyl (C=O) groups is 2. The van der Waals surface area contributed by atoms with Crippen LogP contribution >= 0.6 is 7.44 Å². The van der Waals surface area contributed by atoms with E-state index in [9.17, 15) is 14.2 Å². The highest BCUT2D eigenvalue weighted by molar-refractivity contribution is 7.59. The Bertz CT molecular complexity index is 1370. The molecule has 49 heavy (non-hydrogen) atoms. The van der Waals surface area contributed by atoms with Crippen molar-refractivity contribution in [3.63, 3.8) is 0 Å². The summed E-state index contributed by atoms with van der Waals surface area (Å²) in [5, 5.41) is 6.13. The third-order valence-corrected chi connectivity index (χ3v) is 12.4. The highest BCUT2D eigenvalue weighted by atomic mass is 31.2. The minimum Gasteiger partial charge on any atom is -0.461 e. The zero-order valence-electron chi connectivity index (χ0n) is 30.8. The summed E-state index contributed by atoms with van der Waals surface area (Å²) < 4.78 is 34.8. The molecule has 0 unspecified atom stereocenters. The number of hydrogen-bond acceptors (Lipinski definition) is 9. The van der Waals surface area contributed by atoms with Gasteiger partial charge in [-0.3, -0.25) is 14.2 Å². The molecule has 2 fully saturated rings. The van der Waals surface area contributed by atoms with Crippen molar-refractivity contribution in [2.75, 3.05) is 12.1 Å². The third-order valence-electron chi connectivity index (χ3n) is 10.00. The Morgan fingerprint density at radius 2 is 1.39 bits per heavy atom. The summed E-state index contributed by atoms with van der Waals surface area (Å²) >= 11 is 0. The molecule has 2 saturated carbocycles. The van der Waals surface area contributed by atoms with Gasteiger partial charge in [0.05, 0.1) is 24.7 Å². The van der Waals surface area contributed by atoms with Crippen molar-refractivity contribution < 1.29 is 28.4 Å². The fourth-order valence-electron chi connectivity index (χ4n) is 7.25. The van der Waals surface area contributed by atoms with E-state index in [2.05, 4.69) is 34.0 Å². The lowest BCUT2D eigenvalue weighted by Gasteiger charge is -2.37. The second kappa shape index (κ2) is 17.1. The number of nitrogens with one attached hydrogen (secondary N) is 2. The molecule has 2 heterocycles. The standard InChI is InChI=1S/C36H61N6O6P/c1-8-10-26-12-16-28(17-13-26)47-33(43)35(4,5)40-49(45,24-46-25(3)22-42-23-39-31-30(37)20-21-38-32(31)42)41-36(6,7)34(44)48-29-18-14-27(11-9-2)15-19-29/h20-21,23,25-29H,8-19,22,24H2,1-7H3,(H2,37,38)(H2,40,41,45)/t25-,26-,27-,28-,29-/m1/s1. The molecule has 0 bridgehead atoms. The van der Waals surface area contributed by atoms with Crippen LogP contribution in [0.25, 0.3) is 11.2 Å². The molecule has 0 saturated heterocycles. The minimum absolute atomic E-state index is 0.170. The average Bonchev–Trinajstić information content (AvgIpc) is 3.45. The summed E-state index contributed by atoms with van der Waals surface area (Å²) in [6.45, 7) is 13.2. The summed E-state index contributed by atoms with van der Waals surface area (Å²) in [5.74, 6) is 0.381. The van der Waals surface area contributed by atoms with Crippen molar-refractivity contribution in [2.45, 2.75) is 161 Å². The fourth-order valence-corrected chi connectivity index (χ4v) is 9.89. The van der Waals surface area contributed by atoms with Gasteiger partial charge in [-0.15, -0.1) is 0 Å². The van der Waals surface area contributed by atoms with Crippen molar-refractivity contribution in [3.05, 3.63) is 18.6 Å². The van der Waals surface area contributed by atoms with Gasteiger partial charge in [0, 0.05) is 6.20 Å². The Hall–Kier alpha value is -2.53. The number of ether oxygens (including phenoxy) is 3. The van der Waals surface area contributed by atoms with E-state index in [1.807, 2.05) is 11.5 Å². The lowest BCUT2D eigenvalue weighted by molar-refractivity contribution is -0.157. The monoisotopic (exact) mass is 704 g/mol. The number of nitrogen functional groups attached to an aromatic ring is 1. The van der Waals surface area contributed by atoms with Crippen LogP contribution in [-0.4, -0.2) is 62.2 Å². The Balaban J connectivity index is 1.45. The van der Waals surface area contributed by atoms with E-state index in [4.69, 9.17) is 19.9 Å². The summed E-state index contributed by atoms with van der Waals surface area (Å²) in [6, 6.07) is 1.70. The molecule has 0 spiro atoms. The van der Waals surface area contributed by atoms with E-state index in [-0.39, 0.29) is 18.6 Å². The molecule has 2 aromatic rings. The fraction of sp³-hybridized carbons (Fsp3) is 0.778. The molecular formula is C36H61N6O6P.